The number of allylic oxidation sites excluding steroid dienone is 2. The number of anilines is 1. The molecule has 4 aliphatic rings. The van der Waals surface area contributed by atoms with E-state index in [1.165, 1.54) is 12.1 Å². The normalized spacial score (nSPS) is 18.5. The summed E-state index contributed by atoms with van der Waals surface area (Å²) in [6, 6.07) is 12.4. The molecule has 7 heteroatoms. The third kappa shape index (κ3) is 14.7. The molecular formula is C37H31Fe2N3O2+4. The molecule has 2 aromatic rings. The van der Waals surface area contributed by atoms with Crippen LogP contribution in [0.25, 0.3) is 12.2 Å². The number of hydrazone groups is 1. The average Bonchev–Trinajstić information content (AvgIpc) is 3.86. The molecule has 6 rings (SSSR count). The summed E-state index contributed by atoms with van der Waals surface area (Å²) in [6.45, 7) is 0. The fraction of sp³-hybridized carbons (Fsp3) is 0. The number of nitro benzene ring substituents is 1. The van der Waals surface area contributed by atoms with E-state index in [9.17, 15) is 10.1 Å². The van der Waals surface area contributed by atoms with E-state index >= 15 is 0 Å². The van der Waals surface area contributed by atoms with Crippen LogP contribution in [0.4, 0.5) is 11.4 Å². The Bertz CT molecular complexity index is 1090. The molecule has 0 amide bonds. The van der Waals surface area contributed by atoms with Crippen LogP contribution in [0.2, 0.25) is 0 Å². The fourth-order valence-corrected chi connectivity index (χ4v) is 3.83. The van der Waals surface area contributed by atoms with Gasteiger partial charge in [-0.1, -0.05) is 24.3 Å². The number of nitrogens with zero attached hydrogens (tertiary/aromatic N) is 2. The molecule has 5 nitrogen and oxygen atoms in total. The van der Waals surface area contributed by atoms with E-state index in [4.69, 9.17) is 0 Å². The zero-order valence-electron chi connectivity index (χ0n) is 23.7. The first-order valence-electron chi connectivity index (χ1n) is 13.5. The van der Waals surface area contributed by atoms with Gasteiger partial charge in [-0.3, -0.25) is 15.5 Å². The molecule has 0 heterocycles. The summed E-state index contributed by atoms with van der Waals surface area (Å²) in [4.78, 5) is 10.4. The summed E-state index contributed by atoms with van der Waals surface area (Å²) < 4.78 is 0. The van der Waals surface area contributed by atoms with Crippen LogP contribution in [-0.2, 0) is 34.1 Å². The molecular weight excluding hydrogens is 630 g/mol. The van der Waals surface area contributed by atoms with Gasteiger partial charge in [0.25, 0.3) is 5.69 Å². The van der Waals surface area contributed by atoms with Crippen LogP contribution in [0.1, 0.15) is 16.7 Å². The van der Waals surface area contributed by atoms with E-state index < -0.39 is 4.92 Å². The van der Waals surface area contributed by atoms with Crippen molar-refractivity contribution in [3.05, 3.63) is 209 Å². The topological polar surface area (TPSA) is 67.5 Å². The minimum absolute atomic E-state index is 0. The minimum Gasteiger partial charge on any atom is -0.278 e. The van der Waals surface area contributed by atoms with E-state index in [1.54, 1.807) is 18.3 Å². The van der Waals surface area contributed by atoms with Crippen LogP contribution in [0, 0.1) is 138 Å². The monoisotopic (exact) mass is 661 g/mol. The predicted molar refractivity (Wildman–Crippen MR) is 173 cm³/mol. The summed E-state index contributed by atoms with van der Waals surface area (Å²) >= 11 is 0. The van der Waals surface area contributed by atoms with Crippen molar-refractivity contribution in [3.8, 4) is 0 Å². The molecule has 218 valence electrons. The molecule has 0 aliphatic heterocycles. The summed E-state index contributed by atoms with van der Waals surface area (Å²) in [7, 11) is 0. The maximum atomic E-state index is 10.8. The number of hydrogen-bond donors (Lipinski definition) is 1. The SMILES string of the molecule is O=[N+]([O-])c1ccc(N/N=C/c2cc(/C=C/[C]3[CH][CH][CH][CH]3)cc(/C=C/[C]3[CH][CH][CH][CH]3)c2)cc1.[CH]1[CH][CH][CH][CH]1.[CH]1[CH][CH][CH][CH]1.[Fe+2].[Fe+2]. The molecule has 0 unspecified atom stereocenters. The third-order valence-corrected chi connectivity index (χ3v) is 5.91. The van der Waals surface area contributed by atoms with Crippen molar-refractivity contribution < 1.29 is 39.1 Å². The molecule has 0 bridgehead atoms. The molecule has 4 fully saturated rings. The van der Waals surface area contributed by atoms with Gasteiger partial charge < -0.3 is 0 Å². The Morgan fingerprint density at radius 1 is 0.545 bits per heavy atom. The number of non-ortho nitro benzene ring substituents is 1. The van der Waals surface area contributed by atoms with Gasteiger partial charge in [-0.05, 0) is 163 Å². The van der Waals surface area contributed by atoms with E-state index in [0.717, 1.165) is 28.5 Å². The van der Waals surface area contributed by atoms with Crippen molar-refractivity contribution in [2.75, 3.05) is 5.43 Å². The van der Waals surface area contributed by atoms with Crippen LogP contribution in [0.3, 0.4) is 0 Å². The van der Waals surface area contributed by atoms with Crippen molar-refractivity contribution in [2.45, 2.75) is 0 Å². The number of hydrogen-bond acceptors (Lipinski definition) is 4. The smallest absolute Gasteiger partial charge is 0.278 e. The Balaban J connectivity index is 0.000000476. The van der Waals surface area contributed by atoms with Gasteiger partial charge in [-0.2, -0.15) is 5.10 Å². The van der Waals surface area contributed by atoms with Crippen molar-refractivity contribution in [2.24, 2.45) is 5.10 Å². The van der Waals surface area contributed by atoms with Crippen molar-refractivity contribution >= 4 is 29.7 Å². The van der Waals surface area contributed by atoms with Crippen molar-refractivity contribution in [1.29, 1.82) is 0 Å². The Hall–Kier alpha value is -2.17. The van der Waals surface area contributed by atoms with E-state index in [0.29, 0.717) is 5.69 Å². The van der Waals surface area contributed by atoms with Gasteiger partial charge in [-0.15, -0.1) is 0 Å². The van der Waals surface area contributed by atoms with Gasteiger partial charge in [0.2, 0.25) is 0 Å². The van der Waals surface area contributed by atoms with E-state index in [-0.39, 0.29) is 39.8 Å². The number of nitro groups is 1. The van der Waals surface area contributed by atoms with Gasteiger partial charge in [0.15, 0.2) is 0 Å². The molecule has 2 aromatic carbocycles. The predicted octanol–water partition coefficient (Wildman–Crippen LogP) is 7.92. The Kier molecular flexibility index (Phi) is 19.3. The van der Waals surface area contributed by atoms with Crippen molar-refractivity contribution in [1.82, 2.24) is 0 Å². The third-order valence-electron chi connectivity index (χ3n) is 5.91. The van der Waals surface area contributed by atoms with Crippen molar-refractivity contribution in [3.63, 3.8) is 0 Å². The molecule has 44 heavy (non-hydrogen) atoms. The molecule has 4 aliphatic carbocycles. The van der Waals surface area contributed by atoms with Crippen LogP contribution in [0.15, 0.2) is 59.7 Å². The summed E-state index contributed by atoms with van der Waals surface area (Å²) in [5.74, 6) is 2.30. The average molecular weight is 661 g/mol. The van der Waals surface area contributed by atoms with Crippen LogP contribution in [-0.4, -0.2) is 11.1 Å². The Morgan fingerprint density at radius 2 is 0.932 bits per heavy atom. The van der Waals surface area contributed by atoms with Crippen LogP contribution in [0.5, 0.6) is 0 Å². The maximum absolute atomic E-state index is 10.8. The second-order valence-corrected chi connectivity index (χ2v) is 9.13. The molecule has 0 atom stereocenters. The molecule has 0 spiro atoms. The summed E-state index contributed by atoms with van der Waals surface area (Å²) in [5.41, 5.74) is 6.70. The molecule has 20 radical (unpaired) electrons. The summed E-state index contributed by atoms with van der Waals surface area (Å²) in [6.07, 6.45) is 46.4. The zero-order valence-corrected chi connectivity index (χ0v) is 25.9. The first-order valence-corrected chi connectivity index (χ1v) is 13.5. The first kappa shape index (κ1) is 38.0. The zero-order chi connectivity index (χ0) is 29.2. The quantitative estimate of drug-likeness (QED) is 0.135. The molecule has 0 aromatic heterocycles. The number of nitrogens with one attached hydrogen (secondary N) is 1. The van der Waals surface area contributed by atoms with E-state index in [1.807, 2.05) is 89.9 Å². The second-order valence-electron chi connectivity index (χ2n) is 9.13. The van der Waals surface area contributed by atoms with Gasteiger partial charge in [0.05, 0.1) is 16.8 Å². The van der Waals surface area contributed by atoms with Gasteiger partial charge >= 0.3 is 34.1 Å². The number of benzene rings is 2. The Labute approximate surface area is 286 Å². The largest absolute Gasteiger partial charge is 2.00 e. The second kappa shape index (κ2) is 22.4. The van der Waals surface area contributed by atoms with Crippen LogP contribution >= 0.6 is 0 Å². The van der Waals surface area contributed by atoms with Crippen LogP contribution < -0.4 is 5.43 Å². The van der Waals surface area contributed by atoms with Gasteiger partial charge in [-0.25, -0.2) is 0 Å². The molecule has 0 saturated heterocycles. The molecule has 4 saturated carbocycles. The standard InChI is InChI=1S/C27H21N3O2.2C5H5.2Fe/c31-30(32)27-15-13-26(14-16-27)29-28-20-25-18-23(11-9-21-5-1-2-6-21)17-24(19-25)12-10-22-7-3-4-8-22;2*1-2-4-5-3-1;;/h1-20,29H;2*1-5H;;/q;;;2*+2/b11-9+,12-10+,28-20+;;;;. The Morgan fingerprint density at radius 3 is 1.32 bits per heavy atom. The minimum atomic E-state index is -0.425. The maximum Gasteiger partial charge on any atom is 2.00 e. The van der Waals surface area contributed by atoms with Gasteiger partial charge in [0.1, 0.15) is 0 Å². The first-order chi connectivity index (χ1) is 20.7. The molecule has 1 N–H and O–H groups in total. The fourth-order valence-electron chi connectivity index (χ4n) is 3.83. The number of rotatable bonds is 8. The summed E-state index contributed by atoms with van der Waals surface area (Å²) in [5, 5.41) is 15.1. The van der Waals surface area contributed by atoms with E-state index in [2.05, 4.69) is 78.7 Å². The van der Waals surface area contributed by atoms with Gasteiger partial charge in [0, 0.05) is 24.0 Å².